The fourth-order valence-corrected chi connectivity index (χ4v) is 6.93. The van der Waals surface area contributed by atoms with Gasteiger partial charge in [0.25, 0.3) is 5.91 Å². The van der Waals surface area contributed by atoms with E-state index in [1.165, 1.54) is 40.7 Å². The van der Waals surface area contributed by atoms with E-state index in [2.05, 4.69) is 44.7 Å². The maximum absolute atomic E-state index is 13.4. The van der Waals surface area contributed by atoms with Crippen LogP contribution >= 0.6 is 11.8 Å². The third-order valence-corrected chi connectivity index (χ3v) is 9.91. The van der Waals surface area contributed by atoms with E-state index in [0.717, 1.165) is 23.1 Å². The summed E-state index contributed by atoms with van der Waals surface area (Å²) in [6, 6.07) is 30.6. The van der Waals surface area contributed by atoms with Crippen molar-refractivity contribution < 1.29 is 28.0 Å². The first-order valence-electron chi connectivity index (χ1n) is 17.5. The molecule has 1 aliphatic heterocycles. The van der Waals surface area contributed by atoms with E-state index in [1.807, 2.05) is 59.2 Å². The predicted octanol–water partition coefficient (Wildman–Crippen LogP) is 7.50. The Hall–Kier alpha value is -6.80. The van der Waals surface area contributed by atoms with Crippen molar-refractivity contribution in [3.63, 3.8) is 0 Å². The highest BCUT2D eigenvalue weighted by atomic mass is 32.2. The summed E-state index contributed by atoms with van der Waals surface area (Å²) in [7, 11) is 0. The van der Waals surface area contributed by atoms with Gasteiger partial charge in [-0.15, -0.1) is 10.2 Å². The molecule has 0 bridgehead atoms. The van der Waals surface area contributed by atoms with Crippen molar-refractivity contribution >= 4 is 51.9 Å². The van der Waals surface area contributed by atoms with Crippen LogP contribution in [0.3, 0.4) is 0 Å². The smallest absolute Gasteiger partial charge is 0.338 e. The molecule has 8 rings (SSSR count). The van der Waals surface area contributed by atoms with Gasteiger partial charge in [-0.3, -0.25) is 19.1 Å². The SMILES string of the molecule is CCc1ccc(-n2c(SCC(=O)Nc3ccc(C(=O)OCC(=O)N4N=C(c5cc6ccccc6o5)CC4c4ccco4)cc3)nnc2-c2ccncc2)cc1. The Morgan fingerprint density at radius 1 is 0.927 bits per heavy atom. The Morgan fingerprint density at radius 3 is 2.47 bits per heavy atom. The molecule has 0 saturated heterocycles. The van der Waals surface area contributed by atoms with Crippen molar-refractivity contribution in [2.24, 2.45) is 5.10 Å². The van der Waals surface area contributed by atoms with Gasteiger partial charge in [-0.2, -0.15) is 5.10 Å². The highest BCUT2D eigenvalue weighted by Crippen LogP contribution is 2.35. The molecule has 1 aliphatic rings. The van der Waals surface area contributed by atoms with Crippen LogP contribution in [0.1, 0.15) is 46.8 Å². The molecule has 0 saturated carbocycles. The molecule has 7 aromatic rings. The third-order valence-electron chi connectivity index (χ3n) is 8.99. The first kappa shape index (κ1) is 35.2. The van der Waals surface area contributed by atoms with Crippen LogP contribution in [0.5, 0.6) is 0 Å². The van der Waals surface area contributed by atoms with Gasteiger partial charge in [0, 0.05) is 41.1 Å². The molecule has 5 heterocycles. The minimum absolute atomic E-state index is 0.0590. The molecule has 1 unspecified atom stereocenters. The first-order valence-corrected chi connectivity index (χ1v) is 18.5. The van der Waals surface area contributed by atoms with E-state index >= 15 is 0 Å². The quantitative estimate of drug-likeness (QED) is 0.0979. The lowest BCUT2D eigenvalue weighted by Crippen LogP contribution is -2.31. The van der Waals surface area contributed by atoms with Crippen molar-refractivity contribution in [1.82, 2.24) is 24.8 Å². The zero-order valence-corrected chi connectivity index (χ0v) is 30.3. The number of anilines is 1. The average molecular weight is 752 g/mol. The van der Waals surface area contributed by atoms with Crippen molar-refractivity contribution in [2.75, 3.05) is 17.7 Å². The van der Waals surface area contributed by atoms with Gasteiger partial charge in [0.05, 0.1) is 17.6 Å². The van der Waals surface area contributed by atoms with Gasteiger partial charge in [0.15, 0.2) is 23.3 Å². The number of aryl methyl sites for hydroxylation is 1. The molecule has 0 aliphatic carbocycles. The van der Waals surface area contributed by atoms with Gasteiger partial charge in [0.2, 0.25) is 5.91 Å². The number of pyridine rings is 1. The lowest BCUT2D eigenvalue weighted by atomic mass is 10.1. The average Bonchev–Trinajstić information content (AvgIpc) is 4.06. The summed E-state index contributed by atoms with van der Waals surface area (Å²) in [5.74, 6) is 0.292. The summed E-state index contributed by atoms with van der Waals surface area (Å²) in [6.45, 7) is 1.56. The van der Waals surface area contributed by atoms with Crippen LogP contribution in [0.2, 0.25) is 0 Å². The van der Waals surface area contributed by atoms with Crippen LogP contribution in [0.4, 0.5) is 5.69 Å². The fourth-order valence-electron chi connectivity index (χ4n) is 6.17. The number of fused-ring (bicyclic) bond motifs is 1. The summed E-state index contributed by atoms with van der Waals surface area (Å²) >= 11 is 1.25. The number of ether oxygens (including phenoxy) is 1. The largest absolute Gasteiger partial charge is 0.467 e. The van der Waals surface area contributed by atoms with Gasteiger partial charge >= 0.3 is 5.97 Å². The van der Waals surface area contributed by atoms with E-state index in [0.29, 0.717) is 45.9 Å². The number of esters is 1. The van der Waals surface area contributed by atoms with E-state index in [1.54, 1.807) is 36.7 Å². The van der Waals surface area contributed by atoms with Gasteiger partial charge in [-0.25, -0.2) is 9.80 Å². The van der Waals surface area contributed by atoms with E-state index < -0.39 is 24.5 Å². The van der Waals surface area contributed by atoms with Crippen molar-refractivity contribution in [3.05, 3.63) is 144 Å². The van der Waals surface area contributed by atoms with Crippen LogP contribution < -0.4 is 5.32 Å². The number of hydrogen-bond donors (Lipinski definition) is 1. The molecule has 274 valence electrons. The number of nitrogens with one attached hydrogen (secondary N) is 1. The van der Waals surface area contributed by atoms with Gasteiger partial charge in [-0.05, 0) is 84.8 Å². The van der Waals surface area contributed by atoms with E-state index in [9.17, 15) is 14.4 Å². The van der Waals surface area contributed by atoms with Crippen LogP contribution in [0, 0.1) is 0 Å². The number of amides is 2. The number of aromatic nitrogens is 4. The summed E-state index contributed by atoms with van der Waals surface area (Å²) in [5.41, 5.74) is 4.90. The fraction of sp³-hybridized carbons (Fsp3) is 0.146. The van der Waals surface area contributed by atoms with Gasteiger partial charge in [-0.1, -0.05) is 49.0 Å². The molecule has 4 aromatic heterocycles. The zero-order chi connectivity index (χ0) is 37.7. The molecule has 0 spiro atoms. The van der Waals surface area contributed by atoms with E-state index in [4.69, 9.17) is 13.6 Å². The summed E-state index contributed by atoms with van der Waals surface area (Å²) in [6.07, 6.45) is 6.19. The number of para-hydroxylation sites is 1. The molecule has 1 atom stereocenters. The molecule has 3 aromatic carbocycles. The Morgan fingerprint density at radius 2 is 1.73 bits per heavy atom. The standard InChI is InChI=1S/C41H33N7O6S/c1-2-26-9-15-31(16-10-26)47-39(27-17-19-42-20-18-27)44-45-41(47)55-25-37(49)43-30-13-11-28(12-14-30)40(51)53-24-38(50)48-33(35-8-5-21-52-35)23-32(46-48)36-22-29-6-3-4-7-34(29)54-36/h3-22,33H,2,23-25H2,1H3,(H,43,49). The number of rotatable bonds is 12. The molecule has 13 nitrogen and oxygen atoms in total. The molecular weight excluding hydrogens is 719 g/mol. The van der Waals surface area contributed by atoms with Crippen molar-refractivity contribution in [3.8, 4) is 17.1 Å². The minimum atomic E-state index is -0.701. The second-order valence-electron chi connectivity index (χ2n) is 12.6. The number of benzene rings is 3. The van der Waals surface area contributed by atoms with Crippen molar-refractivity contribution in [2.45, 2.75) is 31.0 Å². The molecule has 0 radical (unpaired) electrons. The molecule has 0 fully saturated rings. The topological polar surface area (TPSA) is 158 Å². The Labute approximate surface area is 319 Å². The van der Waals surface area contributed by atoms with Crippen LogP contribution in [-0.4, -0.2) is 60.6 Å². The number of furan rings is 2. The summed E-state index contributed by atoms with van der Waals surface area (Å²) in [5, 5.41) is 19.0. The molecule has 55 heavy (non-hydrogen) atoms. The lowest BCUT2D eigenvalue weighted by molar-refractivity contribution is -0.136. The monoisotopic (exact) mass is 751 g/mol. The molecular formula is C41H33N7O6S. The number of hydrogen-bond acceptors (Lipinski definition) is 11. The third kappa shape index (κ3) is 7.66. The molecule has 2 amide bonds. The van der Waals surface area contributed by atoms with Crippen LogP contribution in [0.25, 0.3) is 28.0 Å². The summed E-state index contributed by atoms with van der Waals surface area (Å²) < 4.78 is 18.9. The maximum Gasteiger partial charge on any atom is 0.338 e. The van der Waals surface area contributed by atoms with Gasteiger partial charge < -0.3 is 18.9 Å². The van der Waals surface area contributed by atoms with Crippen LogP contribution in [0.15, 0.2) is 141 Å². The van der Waals surface area contributed by atoms with Crippen LogP contribution in [-0.2, 0) is 20.7 Å². The maximum atomic E-state index is 13.4. The Bertz CT molecular complexity index is 2460. The Balaban J connectivity index is 0.886. The lowest BCUT2D eigenvalue weighted by Gasteiger charge is -2.19. The van der Waals surface area contributed by atoms with Gasteiger partial charge in [0.1, 0.15) is 23.1 Å². The highest BCUT2D eigenvalue weighted by molar-refractivity contribution is 7.99. The van der Waals surface area contributed by atoms with Crippen molar-refractivity contribution in [1.29, 1.82) is 0 Å². The molecule has 1 N–H and O–H groups in total. The number of hydrazone groups is 1. The Kier molecular flexibility index (Phi) is 10.0. The molecule has 14 heteroatoms. The normalized spacial score (nSPS) is 13.9. The first-order chi connectivity index (χ1) is 26.9. The highest BCUT2D eigenvalue weighted by Gasteiger charge is 2.36. The second-order valence-corrected chi connectivity index (χ2v) is 13.5. The number of thioether (sulfide) groups is 1. The number of nitrogens with zero attached hydrogens (tertiary/aromatic N) is 6. The second kappa shape index (κ2) is 15.7. The zero-order valence-electron chi connectivity index (χ0n) is 29.5. The predicted molar refractivity (Wildman–Crippen MR) is 206 cm³/mol. The number of carbonyl (C=O) groups excluding carboxylic acids is 3. The summed E-state index contributed by atoms with van der Waals surface area (Å²) in [4.78, 5) is 43.5. The number of carbonyl (C=O) groups is 3. The minimum Gasteiger partial charge on any atom is -0.467 e. The van der Waals surface area contributed by atoms with E-state index in [-0.39, 0.29) is 17.2 Å².